The molecule has 0 spiro atoms. The zero-order valence-electron chi connectivity index (χ0n) is 25.9. The van der Waals surface area contributed by atoms with Gasteiger partial charge in [-0.1, -0.05) is 23.7 Å². The summed E-state index contributed by atoms with van der Waals surface area (Å²) < 4.78 is 25.8. The van der Waals surface area contributed by atoms with Gasteiger partial charge < -0.3 is 28.6 Å². The number of fused-ring (bicyclic) bond motifs is 2. The number of carboxylic acids is 1. The number of para-hydroxylation sites is 1. The predicted molar refractivity (Wildman–Crippen MR) is 175 cm³/mol. The summed E-state index contributed by atoms with van der Waals surface area (Å²) in [5.41, 5.74) is 4.43. The highest BCUT2D eigenvalue weighted by Gasteiger charge is 2.42. The van der Waals surface area contributed by atoms with Crippen LogP contribution in [-0.2, 0) is 23.6 Å². The fraction of sp³-hybridized carbons (Fsp3) is 0.364. The molecule has 1 saturated heterocycles. The Balaban J connectivity index is 1.12. The molecule has 0 amide bonds. The van der Waals surface area contributed by atoms with E-state index < -0.39 is 11.8 Å². The molecule has 4 aromatic heterocycles. The molecule has 12 nitrogen and oxygen atoms in total. The minimum Gasteiger partial charge on any atom is -0.489 e. The van der Waals surface area contributed by atoms with E-state index in [9.17, 15) is 9.90 Å². The number of aromatic nitrogens is 5. The van der Waals surface area contributed by atoms with Gasteiger partial charge in [0.15, 0.2) is 34.1 Å². The molecule has 1 fully saturated rings. The Kier molecular flexibility index (Phi) is 8.71. The summed E-state index contributed by atoms with van der Waals surface area (Å²) in [4.78, 5) is 33.5. The molecule has 2 aliphatic rings. The van der Waals surface area contributed by atoms with Crippen LogP contribution in [-0.4, -0.2) is 73.9 Å². The summed E-state index contributed by atoms with van der Waals surface area (Å²) in [6.07, 6.45) is 5.23. The van der Waals surface area contributed by atoms with Gasteiger partial charge in [0.05, 0.1) is 30.2 Å². The van der Waals surface area contributed by atoms with Crippen LogP contribution in [0.15, 0.2) is 54.3 Å². The van der Waals surface area contributed by atoms with Crippen molar-refractivity contribution < 1.29 is 28.8 Å². The lowest BCUT2D eigenvalue weighted by Crippen LogP contribution is -2.34. The second-order valence-corrected chi connectivity index (χ2v) is 13.0. The second kappa shape index (κ2) is 13.1. The standard InChI is InChI=1S/C33H33ClN6O6S/c1-33(27-7-6-21(34)15-36-27)45-25-5-3-4-23(30(25)46-33)20-8-10-39(11-9-20)18-28-38-29-26(44-13-12-43-2)14-24(32(41)42)37-31(29)40(28)17-22-16-35-19-47-22/h3-7,14-16,19-20H,8-13,17-18H2,1-2H3,(H,41,42)/t33-/m0/s1. The van der Waals surface area contributed by atoms with Crippen molar-refractivity contribution in [2.24, 2.45) is 0 Å². The fourth-order valence-corrected chi connectivity index (χ4v) is 6.84. The van der Waals surface area contributed by atoms with Gasteiger partial charge in [-0.2, -0.15) is 0 Å². The number of carbonyl (C=O) groups is 1. The molecule has 47 heavy (non-hydrogen) atoms. The van der Waals surface area contributed by atoms with Crippen LogP contribution in [0.25, 0.3) is 11.2 Å². The Labute approximate surface area is 279 Å². The highest BCUT2D eigenvalue weighted by Crippen LogP contribution is 2.49. The summed E-state index contributed by atoms with van der Waals surface area (Å²) in [5.74, 6) is 0.721. The molecule has 0 unspecified atom stereocenters. The lowest BCUT2D eigenvalue weighted by molar-refractivity contribution is -0.0722. The van der Waals surface area contributed by atoms with Gasteiger partial charge in [0.2, 0.25) is 0 Å². The lowest BCUT2D eigenvalue weighted by atomic mass is 9.88. The van der Waals surface area contributed by atoms with Gasteiger partial charge in [0.25, 0.3) is 5.79 Å². The first-order valence-corrected chi connectivity index (χ1v) is 16.5. The number of thiazole rings is 1. The maximum atomic E-state index is 12.0. The lowest BCUT2D eigenvalue weighted by Gasteiger charge is -2.32. The second-order valence-electron chi connectivity index (χ2n) is 11.6. The summed E-state index contributed by atoms with van der Waals surface area (Å²) >= 11 is 7.59. The molecule has 6 heterocycles. The molecule has 0 aliphatic carbocycles. The fourth-order valence-electron chi connectivity index (χ4n) is 6.14. The largest absolute Gasteiger partial charge is 0.489 e. The van der Waals surface area contributed by atoms with E-state index in [2.05, 4.69) is 25.9 Å². The number of imidazole rings is 1. The van der Waals surface area contributed by atoms with Gasteiger partial charge in [0, 0.05) is 42.9 Å². The maximum absolute atomic E-state index is 12.0. The molecule has 1 N–H and O–H groups in total. The molecule has 0 radical (unpaired) electrons. The molecule has 0 saturated carbocycles. The quantitative estimate of drug-likeness (QED) is 0.172. The number of methoxy groups -OCH3 is 1. The van der Waals surface area contributed by atoms with Crippen LogP contribution in [0.5, 0.6) is 17.2 Å². The molecule has 7 rings (SSSR count). The van der Waals surface area contributed by atoms with E-state index >= 15 is 0 Å². The number of hydrogen-bond acceptors (Lipinski definition) is 11. The number of hydrogen-bond donors (Lipinski definition) is 1. The van der Waals surface area contributed by atoms with Crippen molar-refractivity contribution >= 4 is 40.1 Å². The molecule has 2 aliphatic heterocycles. The van der Waals surface area contributed by atoms with E-state index in [1.165, 1.54) is 17.4 Å². The first-order chi connectivity index (χ1) is 22.8. The Morgan fingerprint density at radius 3 is 2.70 bits per heavy atom. The normalized spacial score (nSPS) is 18.2. The Hall–Kier alpha value is -4.30. The number of rotatable bonds is 11. The van der Waals surface area contributed by atoms with E-state index in [0.29, 0.717) is 53.1 Å². The molecular formula is C33H33ClN6O6S. The van der Waals surface area contributed by atoms with E-state index in [0.717, 1.165) is 47.9 Å². The van der Waals surface area contributed by atoms with Crippen LogP contribution in [0.1, 0.15) is 58.1 Å². The number of aromatic carboxylic acids is 1. The third kappa shape index (κ3) is 6.35. The van der Waals surface area contributed by atoms with Crippen molar-refractivity contribution in [1.29, 1.82) is 0 Å². The SMILES string of the molecule is COCCOc1cc(C(=O)O)nc2c1nc(CN1CCC(c3cccc4c3O[C@@](C)(c3ccc(Cl)cn3)O4)CC1)n2Cc1cncs1. The van der Waals surface area contributed by atoms with Crippen LogP contribution in [0.2, 0.25) is 5.02 Å². The van der Waals surface area contributed by atoms with Crippen molar-refractivity contribution in [3.63, 3.8) is 0 Å². The Morgan fingerprint density at radius 1 is 1.13 bits per heavy atom. The minimum atomic E-state index is -1.14. The van der Waals surface area contributed by atoms with E-state index in [1.807, 2.05) is 29.7 Å². The summed E-state index contributed by atoms with van der Waals surface area (Å²) in [6.45, 7) is 5.18. The molecular weight excluding hydrogens is 644 g/mol. The number of likely N-dealkylation sites (tertiary alicyclic amines) is 1. The average molecular weight is 677 g/mol. The summed E-state index contributed by atoms with van der Waals surface area (Å²) in [7, 11) is 1.58. The highest BCUT2D eigenvalue weighted by molar-refractivity contribution is 7.09. The maximum Gasteiger partial charge on any atom is 0.354 e. The number of ether oxygens (including phenoxy) is 4. The Bertz CT molecular complexity index is 1890. The van der Waals surface area contributed by atoms with Crippen LogP contribution >= 0.6 is 22.9 Å². The van der Waals surface area contributed by atoms with Crippen molar-refractivity contribution in [1.82, 2.24) is 29.4 Å². The van der Waals surface area contributed by atoms with Crippen molar-refractivity contribution in [2.75, 3.05) is 33.4 Å². The summed E-state index contributed by atoms with van der Waals surface area (Å²) in [5, 5.41) is 10.4. The predicted octanol–water partition coefficient (Wildman–Crippen LogP) is 5.73. The molecule has 14 heteroatoms. The number of benzene rings is 1. The van der Waals surface area contributed by atoms with Gasteiger partial charge in [-0.15, -0.1) is 11.3 Å². The van der Waals surface area contributed by atoms with Crippen molar-refractivity contribution in [3.05, 3.63) is 87.0 Å². The van der Waals surface area contributed by atoms with Crippen LogP contribution in [0.4, 0.5) is 0 Å². The first-order valence-electron chi connectivity index (χ1n) is 15.3. The van der Waals surface area contributed by atoms with E-state index in [4.69, 9.17) is 35.5 Å². The number of carboxylic acid groups (broad SMARTS) is 1. The van der Waals surface area contributed by atoms with Crippen LogP contribution in [0.3, 0.4) is 0 Å². The van der Waals surface area contributed by atoms with Crippen molar-refractivity contribution in [3.8, 4) is 17.2 Å². The topological polar surface area (TPSA) is 134 Å². The van der Waals surface area contributed by atoms with Gasteiger partial charge in [-0.3, -0.25) is 14.9 Å². The number of piperidine rings is 1. The molecule has 1 atom stereocenters. The molecule has 5 aromatic rings. The molecule has 1 aromatic carbocycles. The Morgan fingerprint density at radius 2 is 1.98 bits per heavy atom. The zero-order valence-corrected chi connectivity index (χ0v) is 27.5. The minimum absolute atomic E-state index is 0.104. The number of nitrogens with zero attached hydrogens (tertiary/aromatic N) is 6. The third-order valence-corrected chi connectivity index (χ3v) is 9.49. The van der Waals surface area contributed by atoms with E-state index in [-0.39, 0.29) is 18.2 Å². The average Bonchev–Trinajstić information content (AvgIpc) is 3.80. The number of pyridine rings is 2. The van der Waals surface area contributed by atoms with Gasteiger partial charge in [0.1, 0.15) is 18.1 Å². The zero-order chi connectivity index (χ0) is 32.5. The first kappa shape index (κ1) is 31.3. The third-order valence-electron chi connectivity index (χ3n) is 8.51. The van der Waals surface area contributed by atoms with Crippen molar-refractivity contribution in [2.45, 2.75) is 44.6 Å². The van der Waals surface area contributed by atoms with Gasteiger partial charge in [-0.05, 0) is 50.0 Å². The molecule has 0 bridgehead atoms. The number of halogens is 1. The highest BCUT2D eigenvalue weighted by atomic mass is 35.5. The van der Waals surface area contributed by atoms with Crippen LogP contribution < -0.4 is 14.2 Å². The van der Waals surface area contributed by atoms with Gasteiger partial charge in [-0.25, -0.2) is 14.8 Å². The summed E-state index contributed by atoms with van der Waals surface area (Å²) in [6, 6.07) is 11.1. The monoisotopic (exact) mass is 676 g/mol. The smallest absolute Gasteiger partial charge is 0.354 e. The van der Waals surface area contributed by atoms with Gasteiger partial charge >= 0.3 is 5.97 Å². The van der Waals surface area contributed by atoms with E-state index in [1.54, 1.807) is 31.1 Å². The molecule has 244 valence electrons. The van der Waals surface area contributed by atoms with Crippen LogP contribution in [0, 0.1) is 0 Å².